The molecular formula is C19H19N3O4S2. The molecule has 3 aromatic rings. The highest BCUT2D eigenvalue weighted by Gasteiger charge is 2.10. The predicted octanol–water partition coefficient (Wildman–Crippen LogP) is 3.04. The van der Waals surface area contributed by atoms with Crippen molar-refractivity contribution in [3.8, 4) is 11.5 Å². The van der Waals surface area contributed by atoms with Gasteiger partial charge in [0.15, 0.2) is 18.1 Å². The van der Waals surface area contributed by atoms with E-state index < -0.39 is 5.91 Å². The fourth-order valence-corrected chi connectivity index (χ4v) is 4.27. The maximum absolute atomic E-state index is 12.2. The lowest BCUT2D eigenvalue weighted by Gasteiger charge is -2.12. The minimum Gasteiger partial charge on any atom is -0.493 e. The Morgan fingerprint density at radius 1 is 1.21 bits per heavy atom. The number of aromatic nitrogens is 1. The van der Waals surface area contributed by atoms with Gasteiger partial charge >= 0.3 is 0 Å². The first-order valence-electron chi connectivity index (χ1n) is 8.36. The number of primary amides is 1. The Hall–Kier alpha value is -2.78. The van der Waals surface area contributed by atoms with Gasteiger partial charge in [-0.15, -0.1) is 23.1 Å². The van der Waals surface area contributed by atoms with Crippen molar-refractivity contribution in [3.63, 3.8) is 0 Å². The molecule has 0 aliphatic carbocycles. The van der Waals surface area contributed by atoms with Crippen LogP contribution in [0.25, 0.3) is 10.2 Å². The molecule has 0 aliphatic rings. The van der Waals surface area contributed by atoms with Gasteiger partial charge in [-0.2, -0.15) is 0 Å². The first kappa shape index (κ1) is 20.0. The molecule has 2 amide bonds. The Morgan fingerprint density at radius 3 is 2.79 bits per heavy atom. The van der Waals surface area contributed by atoms with Gasteiger partial charge in [-0.25, -0.2) is 4.98 Å². The Kier molecular flexibility index (Phi) is 6.72. The average molecular weight is 418 g/mol. The van der Waals surface area contributed by atoms with Crippen LogP contribution >= 0.6 is 23.1 Å². The average Bonchev–Trinajstić information content (AvgIpc) is 3.09. The summed E-state index contributed by atoms with van der Waals surface area (Å²) in [5, 5.41) is 3.80. The smallest absolute Gasteiger partial charge is 0.255 e. The SMILES string of the molecule is COc1ccc(NC(=O)CSCc2nc3ccccc3s2)cc1OCC(N)=O. The zero-order chi connectivity index (χ0) is 19.9. The number of thiazole rings is 1. The number of hydrogen-bond acceptors (Lipinski definition) is 7. The third-order valence-electron chi connectivity index (χ3n) is 3.61. The molecule has 146 valence electrons. The molecule has 0 bridgehead atoms. The van der Waals surface area contributed by atoms with Gasteiger partial charge in [0, 0.05) is 17.5 Å². The number of carbonyl (C=O) groups is 2. The number of thioether (sulfide) groups is 1. The second-order valence-corrected chi connectivity index (χ2v) is 7.84. The molecular weight excluding hydrogens is 398 g/mol. The Bertz CT molecular complexity index is 957. The van der Waals surface area contributed by atoms with E-state index in [2.05, 4.69) is 10.3 Å². The maximum Gasteiger partial charge on any atom is 0.255 e. The third-order valence-corrected chi connectivity index (χ3v) is 5.78. The van der Waals surface area contributed by atoms with E-state index >= 15 is 0 Å². The van der Waals surface area contributed by atoms with E-state index in [1.807, 2.05) is 24.3 Å². The number of carbonyl (C=O) groups excluding carboxylic acids is 2. The molecule has 1 heterocycles. The number of fused-ring (bicyclic) bond motifs is 1. The second-order valence-electron chi connectivity index (χ2n) is 5.74. The van der Waals surface area contributed by atoms with E-state index in [0.717, 1.165) is 15.2 Å². The normalized spacial score (nSPS) is 10.6. The summed E-state index contributed by atoms with van der Waals surface area (Å²) in [6.07, 6.45) is 0. The lowest BCUT2D eigenvalue weighted by Crippen LogP contribution is -2.20. The summed E-state index contributed by atoms with van der Waals surface area (Å²) in [6.45, 7) is -0.272. The molecule has 0 aliphatic heterocycles. The summed E-state index contributed by atoms with van der Waals surface area (Å²) in [5.74, 6) is 1.01. The summed E-state index contributed by atoms with van der Waals surface area (Å²) in [4.78, 5) is 27.7. The van der Waals surface area contributed by atoms with Crippen molar-refractivity contribution in [2.75, 3.05) is 24.8 Å². The van der Waals surface area contributed by atoms with Crippen LogP contribution in [0.4, 0.5) is 5.69 Å². The van der Waals surface area contributed by atoms with Gasteiger partial charge < -0.3 is 20.5 Å². The van der Waals surface area contributed by atoms with Crippen LogP contribution in [0.3, 0.4) is 0 Å². The molecule has 0 saturated carbocycles. The number of para-hydroxylation sites is 1. The number of anilines is 1. The molecule has 0 fully saturated rings. The summed E-state index contributed by atoms with van der Waals surface area (Å²) in [5.41, 5.74) is 6.62. The van der Waals surface area contributed by atoms with E-state index in [1.165, 1.54) is 18.9 Å². The van der Waals surface area contributed by atoms with Crippen molar-refractivity contribution < 1.29 is 19.1 Å². The molecule has 28 heavy (non-hydrogen) atoms. The molecule has 2 aromatic carbocycles. The van der Waals surface area contributed by atoms with Crippen molar-refractivity contribution in [2.24, 2.45) is 5.73 Å². The van der Waals surface area contributed by atoms with E-state index in [9.17, 15) is 9.59 Å². The number of nitrogens with zero attached hydrogens (tertiary/aromatic N) is 1. The van der Waals surface area contributed by atoms with Gasteiger partial charge in [0.05, 0.1) is 23.1 Å². The summed E-state index contributed by atoms with van der Waals surface area (Å²) in [6, 6.07) is 12.9. The minimum atomic E-state index is -0.595. The van der Waals surface area contributed by atoms with Crippen molar-refractivity contribution in [1.82, 2.24) is 4.98 Å². The highest BCUT2D eigenvalue weighted by Crippen LogP contribution is 2.30. The van der Waals surface area contributed by atoms with Gasteiger partial charge in [-0.1, -0.05) is 12.1 Å². The van der Waals surface area contributed by atoms with Crippen LogP contribution in [0, 0.1) is 0 Å². The highest BCUT2D eigenvalue weighted by molar-refractivity contribution is 7.99. The molecule has 3 rings (SSSR count). The van der Waals surface area contributed by atoms with Gasteiger partial charge in [0.25, 0.3) is 5.91 Å². The van der Waals surface area contributed by atoms with Crippen LogP contribution in [0.1, 0.15) is 5.01 Å². The summed E-state index contributed by atoms with van der Waals surface area (Å²) >= 11 is 3.13. The van der Waals surface area contributed by atoms with Crippen molar-refractivity contribution >= 4 is 50.8 Å². The number of benzene rings is 2. The van der Waals surface area contributed by atoms with Gasteiger partial charge in [0.1, 0.15) is 5.01 Å². The monoisotopic (exact) mass is 417 g/mol. The summed E-state index contributed by atoms with van der Waals surface area (Å²) in [7, 11) is 1.49. The van der Waals surface area contributed by atoms with Gasteiger partial charge in [0.2, 0.25) is 5.91 Å². The molecule has 0 atom stereocenters. The topological polar surface area (TPSA) is 104 Å². The molecule has 1 aromatic heterocycles. The minimum absolute atomic E-state index is 0.142. The number of rotatable bonds is 9. The largest absolute Gasteiger partial charge is 0.493 e. The van der Waals surface area contributed by atoms with E-state index in [-0.39, 0.29) is 12.5 Å². The van der Waals surface area contributed by atoms with E-state index in [4.69, 9.17) is 15.2 Å². The predicted molar refractivity (Wildman–Crippen MR) is 112 cm³/mol. The first-order chi connectivity index (χ1) is 13.5. The molecule has 0 radical (unpaired) electrons. The van der Waals surface area contributed by atoms with Crippen molar-refractivity contribution in [3.05, 3.63) is 47.5 Å². The zero-order valence-electron chi connectivity index (χ0n) is 15.1. The molecule has 0 saturated heterocycles. The molecule has 0 spiro atoms. The van der Waals surface area contributed by atoms with Crippen LogP contribution in [0.5, 0.6) is 11.5 Å². The second kappa shape index (κ2) is 9.43. The van der Waals surface area contributed by atoms with E-state index in [1.54, 1.807) is 29.5 Å². The number of nitrogens with one attached hydrogen (secondary N) is 1. The summed E-state index contributed by atoms with van der Waals surface area (Å²) < 4.78 is 11.6. The number of methoxy groups -OCH3 is 1. The molecule has 3 N–H and O–H groups in total. The fourth-order valence-electron chi connectivity index (χ4n) is 2.43. The first-order valence-corrected chi connectivity index (χ1v) is 10.3. The number of amides is 2. The zero-order valence-corrected chi connectivity index (χ0v) is 16.8. The maximum atomic E-state index is 12.2. The molecule has 7 nitrogen and oxygen atoms in total. The number of ether oxygens (including phenoxy) is 2. The van der Waals surface area contributed by atoms with Crippen LogP contribution in [0.15, 0.2) is 42.5 Å². The Morgan fingerprint density at radius 2 is 2.04 bits per heavy atom. The highest BCUT2D eigenvalue weighted by atomic mass is 32.2. The molecule has 0 unspecified atom stereocenters. The van der Waals surface area contributed by atoms with Crippen molar-refractivity contribution in [1.29, 1.82) is 0 Å². The number of hydrogen-bond donors (Lipinski definition) is 2. The van der Waals surface area contributed by atoms with Crippen molar-refractivity contribution in [2.45, 2.75) is 5.75 Å². The quantitative estimate of drug-likeness (QED) is 0.555. The Labute approximate surface area is 170 Å². The Balaban J connectivity index is 1.53. The lowest BCUT2D eigenvalue weighted by atomic mass is 10.2. The lowest BCUT2D eigenvalue weighted by molar-refractivity contribution is -0.120. The van der Waals surface area contributed by atoms with Gasteiger partial charge in [-0.05, 0) is 24.3 Å². The standard InChI is InChI=1S/C19H19N3O4S2/c1-25-14-7-6-12(8-15(14)26-9-17(20)23)21-18(24)10-27-11-19-22-13-4-2-3-5-16(13)28-19/h2-8H,9-11H2,1H3,(H2,20,23)(H,21,24). The van der Waals surface area contributed by atoms with Gasteiger partial charge in [-0.3, -0.25) is 9.59 Å². The van der Waals surface area contributed by atoms with Crippen LogP contribution in [0.2, 0.25) is 0 Å². The van der Waals surface area contributed by atoms with Crippen LogP contribution < -0.4 is 20.5 Å². The fraction of sp³-hybridized carbons (Fsp3) is 0.211. The van der Waals surface area contributed by atoms with Crippen LogP contribution in [-0.2, 0) is 15.3 Å². The van der Waals surface area contributed by atoms with E-state index in [0.29, 0.717) is 28.7 Å². The van der Waals surface area contributed by atoms with Crippen LogP contribution in [-0.4, -0.2) is 36.3 Å². The molecule has 9 heteroatoms. The third kappa shape index (κ3) is 5.37. The number of nitrogens with two attached hydrogens (primary N) is 1.